The second kappa shape index (κ2) is 4.31. The van der Waals surface area contributed by atoms with Crippen LogP contribution in [0.2, 0.25) is 0 Å². The van der Waals surface area contributed by atoms with Gasteiger partial charge in [0.2, 0.25) is 0 Å². The molecule has 1 aromatic carbocycles. The summed E-state index contributed by atoms with van der Waals surface area (Å²) in [5.41, 5.74) is 5.82. The van der Waals surface area contributed by atoms with E-state index in [1.54, 1.807) is 12.1 Å². The highest BCUT2D eigenvalue weighted by atomic mass is 32.2. The third kappa shape index (κ3) is 2.04. The van der Waals surface area contributed by atoms with Gasteiger partial charge in [-0.15, -0.1) is 0 Å². The van der Waals surface area contributed by atoms with Gasteiger partial charge in [-0.05, 0) is 12.5 Å². The van der Waals surface area contributed by atoms with Crippen molar-refractivity contribution in [3.8, 4) is 0 Å². The maximum absolute atomic E-state index is 12.0. The van der Waals surface area contributed by atoms with E-state index in [0.717, 1.165) is 5.56 Å². The maximum Gasteiger partial charge on any atom is 0.325 e. The largest absolute Gasteiger partial charge is 0.480 e. The van der Waals surface area contributed by atoms with Crippen molar-refractivity contribution >= 4 is 15.8 Å². The molecule has 19 heavy (non-hydrogen) atoms. The molecule has 1 saturated carbocycles. The Morgan fingerprint density at radius 3 is 2.32 bits per heavy atom. The van der Waals surface area contributed by atoms with Crippen LogP contribution in [-0.4, -0.2) is 36.0 Å². The standard InChI is InChI=1S/C13H17NO4S/c1-3-19(17,18)11-10(13(11,14)12(15)16)9-6-4-8(2)5-7-9/h4-7,10-11H,3,14H2,1-2H3,(H,15,16). The van der Waals surface area contributed by atoms with Crippen LogP contribution in [0.25, 0.3) is 0 Å². The predicted molar refractivity (Wildman–Crippen MR) is 71.7 cm³/mol. The molecule has 104 valence electrons. The van der Waals surface area contributed by atoms with Crippen LogP contribution in [0.1, 0.15) is 24.0 Å². The van der Waals surface area contributed by atoms with E-state index in [1.165, 1.54) is 6.92 Å². The van der Waals surface area contributed by atoms with Gasteiger partial charge < -0.3 is 10.8 Å². The lowest BCUT2D eigenvalue weighted by atomic mass is 10.1. The number of rotatable bonds is 4. The first-order valence-electron chi connectivity index (χ1n) is 6.05. The Hall–Kier alpha value is -1.40. The lowest BCUT2D eigenvalue weighted by molar-refractivity contribution is -0.139. The Morgan fingerprint density at radius 1 is 1.37 bits per heavy atom. The number of hydrogen-bond donors (Lipinski definition) is 2. The summed E-state index contributed by atoms with van der Waals surface area (Å²) in [4.78, 5) is 11.3. The second-order valence-corrected chi connectivity index (χ2v) is 7.41. The lowest BCUT2D eigenvalue weighted by Gasteiger charge is -2.05. The Kier molecular flexibility index (Phi) is 3.18. The van der Waals surface area contributed by atoms with Crippen molar-refractivity contribution in [3.63, 3.8) is 0 Å². The molecule has 6 heteroatoms. The number of nitrogens with two attached hydrogens (primary N) is 1. The Morgan fingerprint density at radius 2 is 1.89 bits per heavy atom. The first-order chi connectivity index (χ1) is 8.75. The molecule has 1 aliphatic rings. The monoisotopic (exact) mass is 283 g/mol. The van der Waals surface area contributed by atoms with Crippen LogP contribution >= 0.6 is 0 Å². The van der Waals surface area contributed by atoms with Crippen molar-refractivity contribution in [2.45, 2.75) is 30.6 Å². The van der Waals surface area contributed by atoms with Gasteiger partial charge in [-0.1, -0.05) is 36.8 Å². The second-order valence-electron chi connectivity index (χ2n) is 5.00. The van der Waals surface area contributed by atoms with Crippen LogP contribution in [0.15, 0.2) is 24.3 Å². The smallest absolute Gasteiger partial charge is 0.325 e. The van der Waals surface area contributed by atoms with E-state index in [2.05, 4.69) is 0 Å². The van der Waals surface area contributed by atoms with E-state index >= 15 is 0 Å². The molecule has 0 bridgehead atoms. The fourth-order valence-corrected chi connectivity index (χ4v) is 4.46. The topological polar surface area (TPSA) is 97.5 Å². The Bertz CT molecular complexity index is 608. The fraction of sp³-hybridized carbons (Fsp3) is 0.462. The highest BCUT2D eigenvalue weighted by molar-refractivity contribution is 7.92. The highest BCUT2D eigenvalue weighted by Gasteiger charge is 2.73. The van der Waals surface area contributed by atoms with Gasteiger partial charge in [0.15, 0.2) is 9.84 Å². The quantitative estimate of drug-likeness (QED) is 0.846. The van der Waals surface area contributed by atoms with Crippen LogP contribution in [0.4, 0.5) is 0 Å². The summed E-state index contributed by atoms with van der Waals surface area (Å²) >= 11 is 0. The van der Waals surface area contributed by atoms with Crippen molar-refractivity contribution in [2.75, 3.05) is 5.75 Å². The summed E-state index contributed by atoms with van der Waals surface area (Å²) in [5.74, 6) is -2.04. The number of carbonyl (C=O) groups is 1. The molecule has 1 aromatic rings. The van der Waals surface area contributed by atoms with E-state index in [4.69, 9.17) is 5.73 Å². The van der Waals surface area contributed by atoms with Crippen molar-refractivity contribution in [2.24, 2.45) is 5.73 Å². The normalized spacial score (nSPS) is 30.1. The molecule has 0 saturated heterocycles. The zero-order valence-electron chi connectivity index (χ0n) is 10.8. The zero-order valence-corrected chi connectivity index (χ0v) is 11.6. The molecule has 3 unspecified atom stereocenters. The van der Waals surface area contributed by atoms with Crippen LogP contribution < -0.4 is 5.73 Å². The first kappa shape index (κ1) is 14.0. The molecular weight excluding hydrogens is 266 g/mol. The summed E-state index contributed by atoms with van der Waals surface area (Å²) in [6.07, 6.45) is 0. The average molecular weight is 283 g/mol. The van der Waals surface area contributed by atoms with E-state index in [9.17, 15) is 18.3 Å². The van der Waals surface area contributed by atoms with Crippen LogP contribution in [0, 0.1) is 6.92 Å². The molecule has 1 fully saturated rings. The number of aliphatic carboxylic acids is 1. The molecule has 0 aromatic heterocycles. The van der Waals surface area contributed by atoms with Gasteiger partial charge in [0.25, 0.3) is 0 Å². The van der Waals surface area contributed by atoms with Gasteiger partial charge in [0.05, 0.1) is 5.25 Å². The molecule has 3 atom stereocenters. The molecule has 5 nitrogen and oxygen atoms in total. The molecule has 0 amide bonds. The number of aryl methyl sites for hydroxylation is 1. The van der Waals surface area contributed by atoms with Gasteiger partial charge in [-0.2, -0.15) is 0 Å². The van der Waals surface area contributed by atoms with Crippen LogP contribution in [-0.2, 0) is 14.6 Å². The molecule has 0 heterocycles. The predicted octanol–water partition coefficient (Wildman–Crippen LogP) is 0.678. The summed E-state index contributed by atoms with van der Waals surface area (Å²) in [5, 5.41) is 8.20. The minimum Gasteiger partial charge on any atom is -0.480 e. The number of hydrogen-bond acceptors (Lipinski definition) is 4. The van der Waals surface area contributed by atoms with Crippen molar-refractivity contribution in [1.82, 2.24) is 0 Å². The molecule has 0 spiro atoms. The molecule has 1 aliphatic carbocycles. The average Bonchev–Trinajstić information content (AvgIpc) is 2.99. The lowest BCUT2D eigenvalue weighted by Crippen LogP contribution is -2.40. The summed E-state index contributed by atoms with van der Waals surface area (Å²) in [7, 11) is -3.49. The van der Waals surface area contributed by atoms with Gasteiger partial charge in [-0.3, -0.25) is 4.79 Å². The molecular formula is C13H17NO4S. The van der Waals surface area contributed by atoms with Crippen LogP contribution in [0.5, 0.6) is 0 Å². The van der Waals surface area contributed by atoms with E-state index in [1.807, 2.05) is 19.1 Å². The van der Waals surface area contributed by atoms with E-state index in [-0.39, 0.29) is 5.75 Å². The SMILES string of the molecule is CCS(=O)(=O)C1C(c2ccc(C)cc2)C1(N)C(=O)O. The van der Waals surface area contributed by atoms with Gasteiger partial charge in [0, 0.05) is 11.7 Å². The molecule has 2 rings (SSSR count). The van der Waals surface area contributed by atoms with Crippen molar-refractivity contribution in [3.05, 3.63) is 35.4 Å². The first-order valence-corrected chi connectivity index (χ1v) is 7.77. The fourth-order valence-electron chi connectivity index (χ4n) is 2.54. The van der Waals surface area contributed by atoms with Gasteiger partial charge in [0.1, 0.15) is 5.54 Å². The third-order valence-electron chi connectivity index (χ3n) is 3.78. The number of carboxylic acid groups (broad SMARTS) is 1. The minimum atomic E-state index is -3.49. The highest BCUT2D eigenvalue weighted by Crippen LogP contribution is 2.54. The van der Waals surface area contributed by atoms with Crippen LogP contribution in [0.3, 0.4) is 0 Å². The summed E-state index contributed by atoms with van der Waals surface area (Å²) in [6.45, 7) is 3.41. The van der Waals surface area contributed by atoms with Crippen molar-refractivity contribution in [1.29, 1.82) is 0 Å². The number of benzene rings is 1. The van der Waals surface area contributed by atoms with E-state index < -0.39 is 32.5 Å². The molecule has 0 radical (unpaired) electrons. The molecule has 3 N–H and O–H groups in total. The summed E-state index contributed by atoms with van der Waals surface area (Å²) in [6, 6.07) is 7.14. The minimum absolute atomic E-state index is 0.105. The van der Waals surface area contributed by atoms with Gasteiger partial charge in [-0.25, -0.2) is 8.42 Å². The molecule has 0 aliphatic heterocycles. The number of carboxylic acids is 1. The Balaban J connectivity index is 2.45. The Labute approximate surface area is 112 Å². The zero-order chi connectivity index (χ0) is 14.4. The van der Waals surface area contributed by atoms with Crippen molar-refractivity contribution < 1.29 is 18.3 Å². The number of sulfone groups is 1. The summed E-state index contributed by atoms with van der Waals surface area (Å²) < 4.78 is 24.0. The van der Waals surface area contributed by atoms with Gasteiger partial charge >= 0.3 is 5.97 Å². The maximum atomic E-state index is 12.0. The third-order valence-corrected chi connectivity index (χ3v) is 6.02. The van der Waals surface area contributed by atoms with E-state index in [0.29, 0.717) is 5.56 Å².